The van der Waals surface area contributed by atoms with E-state index in [0.29, 0.717) is 41.7 Å². The van der Waals surface area contributed by atoms with E-state index in [2.05, 4.69) is 71.9 Å². The predicted molar refractivity (Wildman–Crippen MR) is 135 cm³/mol. The van der Waals surface area contributed by atoms with E-state index in [4.69, 9.17) is 0 Å². The van der Waals surface area contributed by atoms with Crippen molar-refractivity contribution in [2.45, 2.75) is 84.4 Å². The molecule has 0 aliphatic carbocycles. The molecule has 0 fully saturated rings. The number of carboxylic acid groups (broad SMARTS) is 1. The Balaban J connectivity index is 2.26. The summed E-state index contributed by atoms with van der Waals surface area (Å²) in [6, 6.07) is 4.03. The molecule has 6 heteroatoms. The van der Waals surface area contributed by atoms with Gasteiger partial charge in [0.15, 0.2) is 8.24 Å². The third kappa shape index (κ3) is 3.80. The molecule has 32 heavy (non-hydrogen) atoms. The lowest BCUT2D eigenvalue weighted by molar-refractivity contribution is 0.150. The molecule has 2 heterocycles. The fourth-order valence-electron chi connectivity index (χ4n) is 6.24. The number of benzene rings is 1. The molecule has 0 bridgehead atoms. The number of hydrogen-bond donors (Lipinski definition) is 1. The standard InChI is InChI=1S/C26H39FN2O2Si/c1-16(2)22-15-29(32(17(3)4,18(5)6)19(7)8)23-10-9-21(25(27)24(22)23)20-11-13-28(14-12-20)26(30)31/h9-11,15-19H,12-14H2,1-8H3,(H,30,31). The van der Waals surface area contributed by atoms with Gasteiger partial charge in [-0.25, -0.2) is 9.18 Å². The lowest BCUT2D eigenvalue weighted by Gasteiger charge is -2.44. The number of fused-ring (bicyclic) bond motifs is 1. The summed E-state index contributed by atoms with van der Waals surface area (Å²) in [7, 11) is -2.03. The molecule has 2 aromatic rings. The van der Waals surface area contributed by atoms with Crippen molar-refractivity contribution in [2.75, 3.05) is 13.1 Å². The summed E-state index contributed by atoms with van der Waals surface area (Å²) in [5.74, 6) is 0.0590. The van der Waals surface area contributed by atoms with Crippen molar-refractivity contribution >= 4 is 30.8 Å². The highest BCUT2D eigenvalue weighted by Crippen LogP contribution is 2.46. The molecule has 0 atom stereocenters. The van der Waals surface area contributed by atoms with Crippen LogP contribution in [0.1, 0.15) is 78.9 Å². The molecule has 1 aliphatic rings. The Morgan fingerprint density at radius 3 is 2.06 bits per heavy atom. The summed E-state index contributed by atoms with van der Waals surface area (Å²) < 4.78 is 18.7. The number of hydrogen-bond acceptors (Lipinski definition) is 1. The summed E-state index contributed by atoms with van der Waals surface area (Å²) in [5.41, 5.74) is 5.16. The number of carbonyl (C=O) groups is 1. The largest absolute Gasteiger partial charge is 0.465 e. The van der Waals surface area contributed by atoms with Crippen LogP contribution in [-0.2, 0) is 0 Å². The van der Waals surface area contributed by atoms with E-state index in [-0.39, 0.29) is 11.7 Å². The molecule has 1 amide bonds. The van der Waals surface area contributed by atoms with E-state index in [1.54, 1.807) is 0 Å². The van der Waals surface area contributed by atoms with Crippen molar-refractivity contribution < 1.29 is 14.3 Å². The van der Waals surface area contributed by atoms with Crippen LogP contribution in [0.15, 0.2) is 24.4 Å². The maximum absolute atomic E-state index is 16.2. The third-order valence-corrected chi connectivity index (χ3v) is 14.3. The minimum absolute atomic E-state index is 0.154. The van der Waals surface area contributed by atoms with Gasteiger partial charge in [-0.1, -0.05) is 61.5 Å². The van der Waals surface area contributed by atoms with Crippen LogP contribution in [0.2, 0.25) is 16.6 Å². The first-order valence-electron chi connectivity index (χ1n) is 12.0. The van der Waals surface area contributed by atoms with Crippen molar-refractivity contribution in [3.05, 3.63) is 41.3 Å². The molecule has 1 aromatic carbocycles. The van der Waals surface area contributed by atoms with E-state index in [9.17, 15) is 9.90 Å². The van der Waals surface area contributed by atoms with E-state index in [1.165, 1.54) is 4.90 Å². The number of amides is 1. The molecule has 4 nitrogen and oxygen atoms in total. The van der Waals surface area contributed by atoms with Gasteiger partial charge in [-0.3, -0.25) is 0 Å². The molecular formula is C26H39FN2O2Si. The highest BCUT2D eigenvalue weighted by atomic mass is 28.3. The fraction of sp³-hybridized carbons (Fsp3) is 0.577. The lowest BCUT2D eigenvalue weighted by Crippen LogP contribution is -2.51. The van der Waals surface area contributed by atoms with E-state index in [1.807, 2.05) is 12.1 Å². The van der Waals surface area contributed by atoms with Gasteiger partial charge in [-0.15, -0.1) is 0 Å². The molecule has 0 unspecified atom stereocenters. The van der Waals surface area contributed by atoms with E-state index < -0.39 is 14.3 Å². The molecule has 0 saturated carbocycles. The van der Waals surface area contributed by atoms with Crippen LogP contribution in [-0.4, -0.2) is 41.7 Å². The molecule has 0 saturated heterocycles. The van der Waals surface area contributed by atoms with Gasteiger partial charge in [0.1, 0.15) is 5.82 Å². The molecule has 0 spiro atoms. The molecule has 3 rings (SSSR count). The van der Waals surface area contributed by atoms with Crippen LogP contribution in [0.25, 0.3) is 16.5 Å². The SMILES string of the molecule is CC(C)c1cn([Si](C(C)C)(C(C)C)C(C)C)c2ccc(C3=CCN(C(=O)O)CC3)c(F)c12. The Hall–Kier alpha value is -2.08. The van der Waals surface area contributed by atoms with Crippen LogP contribution >= 0.6 is 0 Å². The second-order valence-corrected chi connectivity index (χ2v) is 16.2. The minimum atomic E-state index is -2.03. The zero-order chi connectivity index (χ0) is 24.0. The first-order valence-corrected chi connectivity index (χ1v) is 14.1. The zero-order valence-corrected chi connectivity index (χ0v) is 21.9. The second-order valence-electron chi connectivity index (χ2n) is 10.5. The van der Waals surface area contributed by atoms with Crippen molar-refractivity contribution in [3.8, 4) is 0 Å². The Morgan fingerprint density at radius 1 is 1.03 bits per heavy atom. The van der Waals surface area contributed by atoms with Crippen molar-refractivity contribution in [1.29, 1.82) is 0 Å². The average molecular weight is 459 g/mol. The fourth-order valence-corrected chi connectivity index (χ4v) is 12.9. The summed E-state index contributed by atoms with van der Waals surface area (Å²) in [6.45, 7) is 19.0. The van der Waals surface area contributed by atoms with Crippen LogP contribution < -0.4 is 0 Å². The summed E-state index contributed by atoms with van der Waals surface area (Å²) >= 11 is 0. The highest BCUT2D eigenvalue weighted by molar-refractivity contribution is 6.82. The molecule has 1 N–H and O–H groups in total. The van der Waals surface area contributed by atoms with E-state index >= 15 is 4.39 Å². The van der Waals surface area contributed by atoms with Crippen LogP contribution in [0.3, 0.4) is 0 Å². The molecular weight excluding hydrogens is 419 g/mol. The number of nitrogens with zero attached hydrogens (tertiary/aromatic N) is 2. The maximum atomic E-state index is 16.2. The van der Waals surface area contributed by atoms with Gasteiger partial charge in [0, 0.05) is 29.6 Å². The van der Waals surface area contributed by atoms with Crippen molar-refractivity contribution in [2.24, 2.45) is 0 Å². The lowest BCUT2D eigenvalue weighted by atomic mass is 9.95. The minimum Gasteiger partial charge on any atom is -0.465 e. The maximum Gasteiger partial charge on any atom is 0.407 e. The number of aromatic nitrogens is 1. The summed E-state index contributed by atoms with van der Waals surface area (Å²) in [6.07, 6.45) is 3.74. The van der Waals surface area contributed by atoms with E-state index in [0.717, 1.165) is 22.0 Å². The smallest absolute Gasteiger partial charge is 0.407 e. The topological polar surface area (TPSA) is 45.5 Å². The second kappa shape index (κ2) is 9.04. The van der Waals surface area contributed by atoms with Crippen LogP contribution in [0.5, 0.6) is 0 Å². The van der Waals surface area contributed by atoms with Gasteiger partial charge in [0.25, 0.3) is 0 Å². The Morgan fingerprint density at radius 2 is 1.62 bits per heavy atom. The molecule has 1 aromatic heterocycles. The monoisotopic (exact) mass is 458 g/mol. The van der Waals surface area contributed by atoms with Gasteiger partial charge < -0.3 is 14.2 Å². The number of halogens is 1. The van der Waals surface area contributed by atoms with Crippen LogP contribution in [0.4, 0.5) is 9.18 Å². The van der Waals surface area contributed by atoms with Gasteiger partial charge in [-0.05, 0) is 58.4 Å². The number of rotatable bonds is 6. The summed E-state index contributed by atoms with van der Waals surface area (Å²) in [4.78, 5) is 12.6. The Labute approximate surface area is 193 Å². The molecule has 176 valence electrons. The Kier molecular flexibility index (Phi) is 6.94. The molecule has 0 radical (unpaired) electrons. The van der Waals surface area contributed by atoms with Gasteiger partial charge in [0.2, 0.25) is 0 Å². The van der Waals surface area contributed by atoms with Gasteiger partial charge in [0.05, 0.1) is 0 Å². The molecule has 1 aliphatic heterocycles. The third-order valence-electron chi connectivity index (χ3n) is 7.58. The Bertz CT molecular complexity index is 1010. The quantitative estimate of drug-likeness (QED) is 0.451. The van der Waals surface area contributed by atoms with Crippen molar-refractivity contribution in [3.63, 3.8) is 0 Å². The van der Waals surface area contributed by atoms with Crippen molar-refractivity contribution in [1.82, 2.24) is 9.13 Å². The summed E-state index contributed by atoms with van der Waals surface area (Å²) in [5, 5.41) is 9.97. The normalized spacial score (nSPS) is 15.5. The van der Waals surface area contributed by atoms with Gasteiger partial charge in [-0.2, -0.15) is 0 Å². The first kappa shape index (κ1) is 24.6. The van der Waals surface area contributed by atoms with Gasteiger partial charge >= 0.3 is 6.09 Å². The average Bonchev–Trinajstić information content (AvgIpc) is 3.09. The van der Waals surface area contributed by atoms with Crippen LogP contribution in [0, 0.1) is 5.82 Å². The highest BCUT2D eigenvalue weighted by Gasteiger charge is 2.46. The first-order chi connectivity index (χ1) is 14.9. The predicted octanol–water partition coefficient (Wildman–Crippen LogP) is 7.69. The zero-order valence-electron chi connectivity index (χ0n) is 20.9.